The number of phenols is 1. The molecule has 6 nitrogen and oxygen atoms in total. The van der Waals surface area contributed by atoms with Gasteiger partial charge in [-0.15, -0.1) is 10.2 Å². The zero-order chi connectivity index (χ0) is 15.5. The Kier molecular flexibility index (Phi) is 4.04. The van der Waals surface area contributed by atoms with Gasteiger partial charge < -0.3 is 5.11 Å². The van der Waals surface area contributed by atoms with E-state index in [1.54, 1.807) is 0 Å². The third-order valence-corrected chi connectivity index (χ3v) is 3.29. The summed E-state index contributed by atoms with van der Waals surface area (Å²) in [6.07, 6.45) is 1.37. The highest BCUT2D eigenvalue weighted by Gasteiger charge is 2.06. The van der Waals surface area contributed by atoms with Crippen LogP contribution in [0, 0.1) is 0 Å². The molecule has 0 aliphatic heterocycles. The second-order valence-corrected chi connectivity index (χ2v) is 5.16. The molecule has 0 saturated carbocycles. The van der Waals surface area contributed by atoms with Gasteiger partial charge in [-0.05, 0) is 24.3 Å². The van der Waals surface area contributed by atoms with Gasteiger partial charge in [-0.25, -0.2) is 10.4 Å². The van der Waals surface area contributed by atoms with Crippen LogP contribution in [0.1, 0.15) is 5.56 Å². The zero-order valence-electron chi connectivity index (χ0n) is 11.0. The molecule has 0 aliphatic carbocycles. The molecule has 1 aromatic heterocycles. The number of aromatic nitrogens is 3. The minimum Gasteiger partial charge on any atom is -0.506 e. The van der Waals surface area contributed by atoms with Gasteiger partial charge in [-0.2, -0.15) is 5.10 Å². The zero-order valence-corrected chi connectivity index (χ0v) is 12.5. The Morgan fingerprint density at radius 2 is 1.86 bits per heavy atom. The van der Waals surface area contributed by atoms with E-state index in [4.69, 9.17) is 23.2 Å². The molecular formula is C14H9Cl2N5O. The molecule has 0 fully saturated rings. The summed E-state index contributed by atoms with van der Waals surface area (Å²) in [5, 5.41) is 22.2. The maximum Gasteiger partial charge on any atom is 0.263 e. The van der Waals surface area contributed by atoms with E-state index < -0.39 is 0 Å². The summed E-state index contributed by atoms with van der Waals surface area (Å²) >= 11 is 11.7. The minimum atomic E-state index is -0.103. The van der Waals surface area contributed by atoms with Crippen LogP contribution in [0.5, 0.6) is 5.75 Å². The molecule has 0 saturated heterocycles. The normalized spacial score (nSPS) is 11.2. The summed E-state index contributed by atoms with van der Waals surface area (Å²) in [7, 11) is 0. The SMILES string of the molecule is Oc1c(Cl)cc(Cl)cc1/C=N/Nc1nnc2ccccc2n1. The second kappa shape index (κ2) is 6.13. The number of phenolic OH excluding ortho intramolecular Hbond substituents is 1. The molecule has 0 bridgehead atoms. The third-order valence-electron chi connectivity index (χ3n) is 2.79. The number of fused-ring (bicyclic) bond motifs is 1. The third kappa shape index (κ3) is 3.08. The predicted octanol–water partition coefficient (Wildman–Crippen LogP) is 3.48. The molecule has 0 unspecified atom stereocenters. The molecule has 0 amide bonds. The number of anilines is 1. The van der Waals surface area contributed by atoms with Crippen LogP contribution < -0.4 is 5.43 Å². The van der Waals surface area contributed by atoms with Gasteiger partial charge in [-0.3, -0.25) is 0 Å². The van der Waals surface area contributed by atoms with Crippen LogP contribution in [-0.2, 0) is 0 Å². The van der Waals surface area contributed by atoms with E-state index in [2.05, 4.69) is 25.7 Å². The number of hydrogen-bond acceptors (Lipinski definition) is 6. The Labute approximate surface area is 135 Å². The van der Waals surface area contributed by atoms with Crippen LogP contribution in [0.25, 0.3) is 11.0 Å². The summed E-state index contributed by atoms with van der Waals surface area (Å²) in [4.78, 5) is 4.25. The fourth-order valence-electron chi connectivity index (χ4n) is 1.77. The molecule has 0 atom stereocenters. The maximum absolute atomic E-state index is 9.81. The summed E-state index contributed by atoms with van der Waals surface area (Å²) in [6.45, 7) is 0. The topological polar surface area (TPSA) is 83.3 Å². The molecule has 3 rings (SSSR count). The van der Waals surface area contributed by atoms with Crippen molar-refractivity contribution < 1.29 is 5.11 Å². The number of rotatable bonds is 3. The van der Waals surface area contributed by atoms with Crippen molar-refractivity contribution in [3.05, 3.63) is 52.0 Å². The van der Waals surface area contributed by atoms with Crippen LogP contribution in [0.2, 0.25) is 10.0 Å². The van der Waals surface area contributed by atoms with Gasteiger partial charge in [0, 0.05) is 10.6 Å². The fourth-order valence-corrected chi connectivity index (χ4v) is 2.28. The lowest BCUT2D eigenvalue weighted by atomic mass is 10.2. The molecule has 2 aromatic carbocycles. The fraction of sp³-hybridized carbons (Fsp3) is 0. The summed E-state index contributed by atoms with van der Waals surface area (Å²) < 4.78 is 0. The summed E-state index contributed by atoms with van der Waals surface area (Å²) in [6, 6.07) is 10.3. The van der Waals surface area contributed by atoms with Gasteiger partial charge in [0.25, 0.3) is 5.95 Å². The highest BCUT2D eigenvalue weighted by atomic mass is 35.5. The molecule has 0 radical (unpaired) electrons. The average molecular weight is 334 g/mol. The molecular weight excluding hydrogens is 325 g/mol. The van der Waals surface area contributed by atoms with E-state index in [1.165, 1.54) is 18.3 Å². The summed E-state index contributed by atoms with van der Waals surface area (Å²) in [5.74, 6) is 0.136. The van der Waals surface area contributed by atoms with Gasteiger partial charge >= 0.3 is 0 Å². The van der Waals surface area contributed by atoms with E-state index in [9.17, 15) is 5.11 Å². The molecule has 22 heavy (non-hydrogen) atoms. The van der Waals surface area contributed by atoms with Crippen LogP contribution in [-0.4, -0.2) is 26.5 Å². The van der Waals surface area contributed by atoms with Gasteiger partial charge in [0.1, 0.15) is 11.3 Å². The van der Waals surface area contributed by atoms with Crippen molar-refractivity contribution in [2.45, 2.75) is 0 Å². The Morgan fingerprint density at radius 1 is 1.09 bits per heavy atom. The molecule has 1 heterocycles. The lowest BCUT2D eigenvalue weighted by molar-refractivity contribution is 0.475. The quantitative estimate of drug-likeness (QED) is 0.566. The van der Waals surface area contributed by atoms with Crippen molar-refractivity contribution in [1.29, 1.82) is 0 Å². The van der Waals surface area contributed by atoms with Crippen molar-refractivity contribution in [2.75, 3.05) is 5.43 Å². The Morgan fingerprint density at radius 3 is 2.68 bits per heavy atom. The van der Waals surface area contributed by atoms with Crippen molar-refractivity contribution in [3.63, 3.8) is 0 Å². The number of benzene rings is 2. The molecule has 110 valence electrons. The molecule has 2 N–H and O–H groups in total. The monoisotopic (exact) mass is 333 g/mol. The number of halogens is 2. The Hall–Kier alpha value is -2.44. The van der Waals surface area contributed by atoms with E-state index in [-0.39, 0.29) is 16.7 Å². The largest absolute Gasteiger partial charge is 0.506 e. The van der Waals surface area contributed by atoms with Gasteiger partial charge in [0.2, 0.25) is 0 Å². The average Bonchev–Trinajstić information content (AvgIpc) is 2.52. The maximum atomic E-state index is 9.81. The first-order valence-electron chi connectivity index (χ1n) is 6.20. The standard InChI is InChI=1S/C14H9Cl2N5O/c15-9-5-8(13(22)10(16)6-9)7-17-20-14-18-11-3-1-2-4-12(11)19-21-14/h1-7,22H,(H,18,20,21)/b17-7+. The van der Waals surface area contributed by atoms with Gasteiger partial charge in [-0.1, -0.05) is 35.3 Å². The number of nitrogens with zero attached hydrogens (tertiary/aromatic N) is 4. The van der Waals surface area contributed by atoms with Crippen LogP contribution in [0.3, 0.4) is 0 Å². The Bertz CT molecular complexity index is 869. The first kappa shape index (κ1) is 14.5. The second-order valence-electron chi connectivity index (χ2n) is 4.32. The highest BCUT2D eigenvalue weighted by molar-refractivity contribution is 6.36. The molecule has 3 aromatic rings. The molecule has 8 heteroatoms. The van der Waals surface area contributed by atoms with Crippen molar-refractivity contribution in [1.82, 2.24) is 15.2 Å². The van der Waals surface area contributed by atoms with Crippen LogP contribution >= 0.6 is 23.2 Å². The number of para-hydroxylation sites is 1. The van der Waals surface area contributed by atoms with Crippen molar-refractivity contribution in [3.8, 4) is 5.75 Å². The van der Waals surface area contributed by atoms with Crippen molar-refractivity contribution in [2.24, 2.45) is 5.10 Å². The number of aromatic hydroxyl groups is 1. The summed E-state index contributed by atoms with van der Waals surface area (Å²) in [5.41, 5.74) is 4.40. The lowest BCUT2D eigenvalue weighted by Crippen LogP contribution is -1.99. The van der Waals surface area contributed by atoms with Crippen molar-refractivity contribution >= 4 is 46.4 Å². The van der Waals surface area contributed by atoms with E-state index in [0.717, 1.165) is 0 Å². The number of hydrazone groups is 1. The van der Waals surface area contributed by atoms with Gasteiger partial charge in [0.15, 0.2) is 0 Å². The molecule has 0 aliphatic rings. The smallest absolute Gasteiger partial charge is 0.263 e. The highest BCUT2D eigenvalue weighted by Crippen LogP contribution is 2.29. The first-order valence-corrected chi connectivity index (χ1v) is 6.95. The van der Waals surface area contributed by atoms with Gasteiger partial charge in [0.05, 0.1) is 16.8 Å². The van der Waals surface area contributed by atoms with Crippen LogP contribution in [0.4, 0.5) is 5.95 Å². The minimum absolute atomic E-state index is 0.103. The number of hydrogen-bond donors (Lipinski definition) is 2. The predicted molar refractivity (Wildman–Crippen MR) is 86.7 cm³/mol. The van der Waals surface area contributed by atoms with E-state index in [1.807, 2.05) is 24.3 Å². The lowest BCUT2D eigenvalue weighted by Gasteiger charge is -2.03. The van der Waals surface area contributed by atoms with Crippen LogP contribution in [0.15, 0.2) is 41.5 Å². The van der Waals surface area contributed by atoms with E-state index in [0.29, 0.717) is 21.6 Å². The van der Waals surface area contributed by atoms with E-state index >= 15 is 0 Å². The Balaban J connectivity index is 1.81. The molecule has 0 spiro atoms. The number of nitrogens with one attached hydrogen (secondary N) is 1. The first-order chi connectivity index (χ1) is 10.6.